The molecule has 0 saturated carbocycles. The van der Waals surface area contributed by atoms with Crippen molar-refractivity contribution in [2.24, 2.45) is 5.92 Å². The van der Waals surface area contributed by atoms with Crippen LogP contribution in [-0.2, 0) is 20.8 Å². The van der Waals surface area contributed by atoms with Gasteiger partial charge in [-0.05, 0) is 106 Å². The third-order valence-electron chi connectivity index (χ3n) is 10.9. The monoisotopic (exact) mass is 861 g/mol. The van der Waals surface area contributed by atoms with Gasteiger partial charge in [0.05, 0.1) is 31.6 Å². The van der Waals surface area contributed by atoms with Crippen LogP contribution in [0.15, 0.2) is 72.8 Å². The minimum atomic E-state index is -0.955. The molecule has 1 aromatic heterocycles. The number of piperazine rings is 1. The Morgan fingerprint density at radius 3 is 2.03 bits per heavy atom. The molecule has 4 aromatic rings. The van der Waals surface area contributed by atoms with E-state index in [9.17, 15) is 34.2 Å². The maximum atomic E-state index is 13.4. The number of aliphatic hydroxyl groups is 1. The molecule has 3 aromatic carbocycles. The summed E-state index contributed by atoms with van der Waals surface area (Å²) >= 11 is 5.89. The molecule has 14 nitrogen and oxygen atoms in total. The SMILES string of the molecule is CCCN(CCC)C(=O)C(CC(CCCN1CCN(CCO)CC1)C(=O)O)NC(=O)c1ccccc1.COc1ccc2c(c1)c(CC(=O)O)c(C)n2C(=O)c1ccc(Cl)cc1. The highest BCUT2D eigenvalue weighted by molar-refractivity contribution is 6.30. The second kappa shape index (κ2) is 24.2. The number of aromatic nitrogens is 1. The number of amides is 2. The van der Waals surface area contributed by atoms with Crippen LogP contribution in [0.3, 0.4) is 0 Å². The van der Waals surface area contributed by atoms with Gasteiger partial charge in [-0.25, -0.2) is 0 Å². The van der Waals surface area contributed by atoms with Crippen LogP contribution in [0.5, 0.6) is 5.75 Å². The average molecular weight is 862 g/mol. The number of fused-ring (bicyclic) bond motifs is 1. The minimum absolute atomic E-state index is 0.0704. The molecule has 0 aliphatic carbocycles. The predicted octanol–water partition coefficient (Wildman–Crippen LogP) is 5.84. The van der Waals surface area contributed by atoms with Gasteiger partial charge in [0, 0.05) is 73.0 Å². The summed E-state index contributed by atoms with van der Waals surface area (Å²) in [7, 11) is 1.54. The summed E-state index contributed by atoms with van der Waals surface area (Å²) in [6, 6.07) is 19.7. The number of β-amino-alcohol motifs (C(OH)–C–C–N with tert-alkyl or cyclic N) is 1. The standard InChI is InChI=1S/C27H44N4O5.C19H16ClNO4/c1-3-12-31(13-4-2)26(34)24(28-25(33)22-9-6-5-7-10-22)21-23(27(35)36)11-8-14-29-15-17-30(18-16-29)19-20-32;1-11-15(10-18(22)23)16-9-14(25-2)7-8-17(16)21(11)19(24)12-3-5-13(20)6-4-12/h5-7,9-10,23-24,32H,3-4,8,11-21H2,1-2H3,(H,28,33)(H,35,36);3-9H,10H2,1-2H3,(H,22,23). The third-order valence-corrected chi connectivity index (χ3v) is 11.1. The molecule has 0 radical (unpaired) electrons. The fraction of sp³-hybridized carbons (Fsp3) is 0.457. The van der Waals surface area contributed by atoms with Crippen LogP contribution in [0.4, 0.5) is 0 Å². The van der Waals surface area contributed by atoms with Crippen molar-refractivity contribution in [2.45, 2.75) is 65.3 Å². The minimum Gasteiger partial charge on any atom is -0.497 e. The molecular formula is C46H60ClN5O9. The molecule has 61 heavy (non-hydrogen) atoms. The molecule has 2 atom stereocenters. The summed E-state index contributed by atoms with van der Waals surface area (Å²) < 4.78 is 6.77. The summed E-state index contributed by atoms with van der Waals surface area (Å²) in [5.41, 5.74) is 2.77. The quantitative estimate of drug-likeness (QED) is 0.0838. The number of benzene rings is 3. The van der Waals surface area contributed by atoms with Crippen LogP contribution in [0, 0.1) is 12.8 Å². The number of nitrogens with one attached hydrogen (secondary N) is 1. The Balaban J connectivity index is 0.000000285. The van der Waals surface area contributed by atoms with E-state index in [1.165, 1.54) is 4.57 Å². The number of hydrogen-bond donors (Lipinski definition) is 4. The lowest BCUT2D eigenvalue weighted by atomic mass is 9.93. The summed E-state index contributed by atoms with van der Waals surface area (Å²) in [6.45, 7) is 12.1. The lowest BCUT2D eigenvalue weighted by Crippen LogP contribution is -2.50. The van der Waals surface area contributed by atoms with E-state index in [0.717, 1.165) is 45.6 Å². The van der Waals surface area contributed by atoms with Crippen molar-refractivity contribution in [3.05, 3.63) is 100 Å². The van der Waals surface area contributed by atoms with Crippen molar-refractivity contribution in [2.75, 3.05) is 66.1 Å². The number of nitrogens with zero attached hydrogens (tertiary/aromatic N) is 4. The van der Waals surface area contributed by atoms with Gasteiger partial charge in [0.2, 0.25) is 5.91 Å². The molecule has 1 saturated heterocycles. The third kappa shape index (κ3) is 13.9. The van der Waals surface area contributed by atoms with E-state index in [1.54, 1.807) is 85.7 Å². The van der Waals surface area contributed by atoms with Crippen LogP contribution < -0.4 is 10.1 Å². The Bertz CT molecular complexity index is 2060. The Morgan fingerprint density at radius 1 is 0.852 bits per heavy atom. The zero-order valence-electron chi connectivity index (χ0n) is 35.6. The van der Waals surface area contributed by atoms with Gasteiger partial charge in [0.25, 0.3) is 11.8 Å². The fourth-order valence-corrected chi connectivity index (χ4v) is 7.78. The van der Waals surface area contributed by atoms with Gasteiger partial charge in [0.1, 0.15) is 11.8 Å². The number of halogens is 1. The first-order valence-corrected chi connectivity index (χ1v) is 21.3. The number of ether oxygens (including phenoxy) is 1. The molecule has 2 amide bonds. The molecule has 2 heterocycles. The molecule has 0 spiro atoms. The van der Waals surface area contributed by atoms with E-state index in [1.807, 2.05) is 19.9 Å². The number of carboxylic acids is 2. The molecule has 2 unspecified atom stereocenters. The van der Waals surface area contributed by atoms with Crippen LogP contribution in [0.2, 0.25) is 5.02 Å². The van der Waals surface area contributed by atoms with Crippen molar-refractivity contribution in [1.82, 2.24) is 24.6 Å². The number of rotatable bonds is 20. The molecule has 5 rings (SSSR count). The topological polar surface area (TPSA) is 182 Å². The normalized spacial score (nSPS) is 14.1. The first-order chi connectivity index (χ1) is 29.3. The lowest BCUT2D eigenvalue weighted by Gasteiger charge is -2.34. The predicted molar refractivity (Wildman–Crippen MR) is 236 cm³/mol. The van der Waals surface area contributed by atoms with Gasteiger partial charge in [-0.15, -0.1) is 0 Å². The number of aliphatic carboxylic acids is 2. The number of carbonyl (C=O) groups is 5. The molecule has 1 fully saturated rings. The van der Waals surface area contributed by atoms with E-state index >= 15 is 0 Å². The van der Waals surface area contributed by atoms with Crippen molar-refractivity contribution in [1.29, 1.82) is 0 Å². The summed E-state index contributed by atoms with van der Waals surface area (Å²) in [6.07, 6.45) is 2.63. The molecule has 4 N–H and O–H groups in total. The summed E-state index contributed by atoms with van der Waals surface area (Å²) in [4.78, 5) is 69.0. The van der Waals surface area contributed by atoms with Gasteiger partial charge in [-0.1, -0.05) is 43.6 Å². The average Bonchev–Trinajstić information content (AvgIpc) is 3.52. The van der Waals surface area contributed by atoms with Crippen molar-refractivity contribution >= 4 is 52.2 Å². The van der Waals surface area contributed by atoms with Gasteiger partial charge >= 0.3 is 11.9 Å². The van der Waals surface area contributed by atoms with Gasteiger partial charge in [-0.2, -0.15) is 0 Å². The van der Waals surface area contributed by atoms with Gasteiger partial charge < -0.3 is 35.2 Å². The summed E-state index contributed by atoms with van der Waals surface area (Å²) in [5, 5.41) is 32.4. The van der Waals surface area contributed by atoms with Crippen molar-refractivity contribution in [3.63, 3.8) is 0 Å². The number of carboxylic acid groups (broad SMARTS) is 2. The second-order valence-electron chi connectivity index (χ2n) is 15.2. The lowest BCUT2D eigenvalue weighted by molar-refractivity contribution is -0.143. The van der Waals surface area contributed by atoms with E-state index in [0.29, 0.717) is 76.5 Å². The largest absolute Gasteiger partial charge is 0.497 e. The highest BCUT2D eigenvalue weighted by Crippen LogP contribution is 2.31. The van der Waals surface area contributed by atoms with E-state index < -0.39 is 23.9 Å². The first kappa shape index (κ1) is 48.4. The Kier molecular flexibility index (Phi) is 19.2. The number of hydrogen-bond acceptors (Lipinski definition) is 9. The first-order valence-electron chi connectivity index (χ1n) is 20.9. The molecular weight excluding hydrogens is 802 g/mol. The van der Waals surface area contributed by atoms with E-state index in [-0.39, 0.29) is 37.2 Å². The van der Waals surface area contributed by atoms with E-state index in [2.05, 4.69) is 15.1 Å². The smallest absolute Gasteiger partial charge is 0.307 e. The molecule has 1 aliphatic rings. The molecule has 0 bridgehead atoms. The maximum Gasteiger partial charge on any atom is 0.307 e. The zero-order chi connectivity index (χ0) is 44.5. The van der Waals surface area contributed by atoms with Gasteiger partial charge in [0.15, 0.2) is 0 Å². The van der Waals surface area contributed by atoms with Crippen molar-refractivity contribution < 1.29 is 44.0 Å². The molecule has 1 aliphatic heterocycles. The fourth-order valence-electron chi connectivity index (χ4n) is 7.66. The summed E-state index contributed by atoms with van der Waals surface area (Å²) in [5.74, 6) is -2.83. The number of methoxy groups -OCH3 is 1. The Hall–Kier alpha value is -5.28. The molecule has 330 valence electrons. The molecule has 15 heteroatoms. The highest BCUT2D eigenvalue weighted by Gasteiger charge is 2.31. The van der Waals surface area contributed by atoms with Gasteiger partial charge in [-0.3, -0.25) is 33.4 Å². The van der Waals surface area contributed by atoms with Crippen molar-refractivity contribution in [3.8, 4) is 5.75 Å². The number of carbonyl (C=O) groups excluding carboxylic acids is 3. The Morgan fingerprint density at radius 2 is 1.48 bits per heavy atom. The van der Waals surface area contributed by atoms with Crippen LogP contribution in [0.1, 0.15) is 77.9 Å². The number of aliphatic hydroxyl groups excluding tert-OH is 1. The van der Waals surface area contributed by atoms with E-state index in [4.69, 9.17) is 21.4 Å². The zero-order valence-corrected chi connectivity index (χ0v) is 36.4. The van der Waals surface area contributed by atoms with Crippen LogP contribution in [0.25, 0.3) is 10.9 Å². The maximum absolute atomic E-state index is 13.4. The Labute approximate surface area is 363 Å². The highest BCUT2D eigenvalue weighted by atomic mass is 35.5. The second-order valence-corrected chi connectivity index (χ2v) is 15.6. The van der Waals surface area contributed by atoms with Crippen LogP contribution in [-0.4, -0.2) is 136 Å². The van der Waals surface area contributed by atoms with Crippen LogP contribution >= 0.6 is 11.6 Å².